The van der Waals surface area contributed by atoms with Crippen LogP contribution in [0.2, 0.25) is 0 Å². The Morgan fingerprint density at radius 1 is 1.35 bits per heavy atom. The Hall–Kier alpha value is -2.00. The third-order valence-electron chi connectivity index (χ3n) is 3.57. The van der Waals surface area contributed by atoms with E-state index in [0.717, 1.165) is 25.7 Å². The first-order valence-electron chi connectivity index (χ1n) is 6.30. The van der Waals surface area contributed by atoms with Crippen LogP contribution < -0.4 is 11.3 Å². The molecule has 9 heteroatoms. The minimum Gasteiger partial charge on any atom is -0.369 e. The second-order valence-corrected chi connectivity index (χ2v) is 4.96. The molecule has 2 aromatic rings. The molecule has 0 radical (unpaired) electrons. The third kappa shape index (κ3) is 1.95. The second-order valence-electron chi connectivity index (χ2n) is 4.96. The summed E-state index contributed by atoms with van der Waals surface area (Å²) in [5, 5.41) is 18.6. The van der Waals surface area contributed by atoms with E-state index in [9.17, 15) is 19.4 Å². The Balaban J connectivity index is 2.33. The molecule has 0 aliphatic heterocycles. The van der Waals surface area contributed by atoms with E-state index in [1.807, 2.05) is 0 Å². The highest BCUT2D eigenvalue weighted by atomic mass is 19.2. The van der Waals surface area contributed by atoms with Crippen molar-refractivity contribution >= 4 is 17.1 Å². The fraction of sp³-hybridized carbons (Fsp3) is 0.545. The maximum Gasteiger partial charge on any atom is 0.414 e. The molecule has 0 amide bonds. The molecule has 1 aliphatic rings. The minimum atomic E-state index is -3.68. The number of rotatable bonds is 2. The summed E-state index contributed by atoms with van der Waals surface area (Å²) in [6.45, 7) is 0. The monoisotopic (exact) mass is 283 g/mol. The number of fused-ring (bicyclic) bond motifs is 1. The first kappa shape index (κ1) is 13.0. The van der Waals surface area contributed by atoms with Crippen molar-refractivity contribution in [3.8, 4) is 0 Å². The van der Waals surface area contributed by atoms with Crippen LogP contribution in [0.25, 0.3) is 11.2 Å². The lowest BCUT2D eigenvalue weighted by Crippen LogP contribution is -2.30. The summed E-state index contributed by atoms with van der Waals surface area (Å²) in [4.78, 5) is 21.8. The van der Waals surface area contributed by atoms with E-state index in [1.54, 1.807) is 0 Å². The van der Waals surface area contributed by atoms with Gasteiger partial charge in [-0.05, 0) is 12.8 Å². The molecule has 0 saturated heterocycles. The zero-order valence-corrected chi connectivity index (χ0v) is 10.5. The van der Waals surface area contributed by atoms with Gasteiger partial charge < -0.3 is 15.9 Å². The molecule has 20 heavy (non-hydrogen) atoms. The van der Waals surface area contributed by atoms with Crippen molar-refractivity contribution in [3.05, 3.63) is 16.2 Å². The van der Waals surface area contributed by atoms with E-state index in [4.69, 9.17) is 5.73 Å². The van der Waals surface area contributed by atoms with Crippen LogP contribution in [0.4, 0.5) is 10.3 Å². The third-order valence-corrected chi connectivity index (χ3v) is 3.57. The average molecular weight is 283 g/mol. The van der Waals surface area contributed by atoms with Gasteiger partial charge in [0.05, 0.1) is 0 Å². The molecule has 0 unspecified atom stereocenters. The molecular weight excluding hydrogens is 269 g/mol. The van der Waals surface area contributed by atoms with Gasteiger partial charge >= 0.3 is 6.16 Å². The Kier molecular flexibility index (Phi) is 2.76. The van der Waals surface area contributed by atoms with E-state index in [1.165, 1.54) is 0 Å². The molecule has 2 heterocycles. The van der Waals surface area contributed by atoms with Crippen molar-refractivity contribution in [2.45, 2.75) is 37.8 Å². The van der Waals surface area contributed by atoms with E-state index in [-0.39, 0.29) is 28.9 Å². The normalized spacial score (nSPS) is 17.1. The van der Waals surface area contributed by atoms with Crippen molar-refractivity contribution in [1.29, 1.82) is 0 Å². The van der Waals surface area contributed by atoms with Crippen LogP contribution in [-0.2, 0) is 6.16 Å². The number of hydrogen-bond acceptors (Lipinski definition) is 6. The van der Waals surface area contributed by atoms with Gasteiger partial charge in [0, 0.05) is 5.92 Å². The molecule has 0 atom stereocenters. The number of halogens is 1. The SMILES string of the molecule is Nc1nc2c(nc(C3CCCC3)n2C(O)(O)F)c(=O)[nH]1. The van der Waals surface area contributed by atoms with Crippen LogP contribution in [0.5, 0.6) is 0 Å². The van der Waals surface area contributed by atoms with Crippen LogP contribution in [0.3, 0.4) is 0 Å². The van der Waals surface area contributed by atoms with Crippen molar-refractivity contribution in [3.63, 3.8) is 0 Å². The Morgan fingerprint density at radius 2 is 2.00 bits per heavy atom. The number of nitrogens with two attached hydrogens (primary N) is 1. The zero-order valence-electron chi connectivity index (χ0n) is 10.5. The average Bonchev–Trinajstić information content (AvgIpc) is 2.91. The Morgan fingerprint density at radius 3 is 2.60 bits per heavy atom. The summed E-state index contributed by atoms with van der Waals surface area (Å²) in [6, 6.07) is 0. The predicted molar refractivity (Wildman–Crippen MR) is 67.3 cm³/mol. The summed E-state index contributed by atoms with van der Waals surface area (Å²) in [5.41, 5.74) is 4.32. The maximum atomic E-state index is 13.7. The molecule has 0 spiro atoms. The summed E-state index contributed by atoms with van der Waals surface area (Å²) < 4.78 is 14.2. The molecule has 2 aromatic heterocycles. The molecule has 5 N–H and O–H groups in total. The van der Waals surface area contributed by atoms with E-state index in [0.29, 0.717) is 4.57 Å². The maximum absolute atomic E-state index is 13.7. The minimum absolute atomic E-state index is 0.105. The van der Waals surface area contributed by atoms with Crippen LogP contribution in [0.1, 0.15) is 37.4 Å². The lowest BCUT2D eigenvalue weighted by atomic mass is 10.1. The van der Waals surface area contributed by atoms with Crippen molar-refractivity contribution in [2.75, 3.05) is 5.73 Å². The number of H-pyrrole nitrogens is 1. The molecule has 1 aliphatic carbocycles. The summed E-state index contributed by atoms with van der Waals surface area (Å²) in [6.07, 6.45) is -0.314. The smallest absolute Gasteiger partial charge is 0.369 e. The van der Waals surface area contributed by atoms with Crippen molar-refractivity contribution in [1.82, 2.24) is 19.5 Å². The van der Waals surface area contributed by atoms with Crippen LogP contribution in [0.15, 0.2) is 4.79 Å². The molecule has 0 aromatic carbocycles. The second kappa shape index (κ2) is 4.25. The lowest BCUT2D eigenvalue weighted by Gasteiger charge is -2.18. The van der Waals surface area contributed by atoms with Gasteiger partial charge in [-0.1, -0.05) is 12.8 Å². The van der Waals surface area contributed by atoms with Crippen LogP contribution >= 0.6 is 0 Å². The first-order valence-corrected chi connectivity index (χ1v) is 6.30. The summed E-state index contributed by atoms with van der Waals surface area (Å²) in [7, 11) is 0. The highest BCUT2D eigenvalue weighted by molar-refractivity contribution is 5.71. The number of anilines is 1. The Labute approximate surface area is 112 Å². The van der Waals surface area contributed by atoms with Crippen LogP contribution in [0, 0.1) is 0 Å². The predicted octanol–water partition coefficient (Wildman–Crippen LogP) is -0.119. The van der Waals surface area contributed by atoms with E-state index >= 15 is 0 Å². The van der Waals surface area contributed by atoms with Crippen molar-refractivity contribution in [2.24, 2.45) is 0 Å². The lowest BCUT2D eigenvalue weighted by molar-refractivity contribution is -0.324. The van der Waals surface area contributed by atoms with Gasteiger partial charge in [0.15, 0.2) is 11.2 Å². The summed E-state index contributed by atoms with van der Waals surface area (Å²) >= 11 is 0. The molecule has 0 bridgehead atoms. The molecular formula is C11H14FN5O3. The quantitative estimate of drug-likeness (QED) is 0.568. The number of alkyl halides is 1. The number of nitrogens with one attached hydrogen (secondary N) is 1. The summed E-state index contributed by atoms with van der Waals surface area (Å²) in [5.74, 6) is -0.279. The number of nitrogens with zero attached hydrogens (tertiary/aromatic N) is 3. The molecule has 1 fully saturated rings. The van der Waals surface area contributed by atoms with E-state index in [2.05, 4.69) is 15.0 Å². The molecule has 1 saturated carbocycles. The highest BCUT2D eigenvalue weighted by Crippen LogP contribution is 2.36. The highest BCUT2D eigenvalue weighted by Gasteiger charge is 2.36. The van der Waals surface area contributed by atoms with Gasteiger partial charge in [0.25, 0.3) is 5.56 Å². The molecule has 8 nitrogen and oxygen atoms in total. The van der Waals surface area contributed by atoms with Gasteiger partial charge in [-0.2, -0.15) is 9.37 Å². The number of hydrogen-bond donors (Lipinski definition) is 4. The number of aromatic nitrogens is 4. The van der Waals surface area contributed by atoms with Gasteiger partial charge in [-0.15, -0.1) is 0 Å². The fourth-order valence-corrected chi connectivity index (χ4v) is 2.74. The molecule has 108 valence electrons. The largest absolute Gasteiger partial charge is 0.414 e. The van der Waals surface area contributed by atoms with Gasteiger partial charge in [-0.3, -0.25) is 9.78 Å². The van der Waals surface area contributed by atoms with Gasteiger partial charge in [-0.25, -0.2) is 9.55 Å². The van der Waals surface area contributed by atoms with Crippen LogP contribution in [-0.4, -0.2) is 29.7 Å². The number of nitrogen functional groups attached to an aromatic ring is 1. The number of imidazole rings is 1. The number of aromatic amines is 1. The van der Waals surface area contributed by atoms with E-state index < -0.39 is 11.7 Å². The number of aliphatic hydroxyl groups is 2. The first-order chi connectivity index (χ1) is 9.38. The standard InChI is InChI=1S/C11H14FN5O3/c12-11(19,20)17-7(5-3-1-2-4-5)14-6-8(17)15-10(13)16-9(6)18/h5,19-20H,1-4H2,(H3,13,15,16,18). The fourth-order valence-electron chi connectivity index (χ4n) is 2.74. The zero-order chi connectivity index (χ0) is 14.5. The van der Waals surface area contributed by atoms with Gasteiger partial charge in [0.2, 0.25) is 5.95 Å². The topological polar surface area (TPSA) is 130 Å². The molecule has 3 rings (SSSR count). The van der Waals surface area contributed by atoms with Crippen molar-refractivity contribution < 1.29 is 14.6 Å². The van der Waals surface area contributed by atoms with Gasteiger partial charge in [0.1, 0.15) is 5.82 Å². The Bertz CT molecular complexity index is 711.